The summed E-state index contributed by atoms with van der Waals surface area (Å²) in [6, 6.07) is 0. The highest BCUT2D eigenvalue weighted by atomic mass is 16.1. The molecule has 2 fully saturated rings. The van der Waals surface area contributed by atoms with E-state index in [-0.39, 0.29) is 5.41 Å². The normalized spacial score (nSPS) is 21.6. The fourth-order valence-electron chi connectivity index (χ4n) is 1.80. The number of nitrogens with one attached hydrogen (secondary N) is 1. The van der Waals surface area contributed by atoms with Gasteiger partial charge in [-0.05, 0) is 7.05 Å². The van der Waals surface area contributed by atoms with Crippen molar-refractivity contribution in [1.82, 2.24) is 10.2 Å². The Morgan fingerprint density at radius 2 is 1.56 bits per heavy atom. The summed E-state index contributed by atoms with van der Waals surface area (Å²) in [5, 5.41) is 3.30. The van der Waals surface area contributed by atoms with Crippen molar-refractivity contribution in [1.29, 1.82) is 0 Å². The van der Waals surface area contributed by atoms with Gasteiger partial charge in [-0.2, -0.15) is 0 Å². The first-order chi connectivity index (χ1) is 7.37. The van der Waals surface area contributed by atoms with Crippen LogP contribution in [0.1, 0.15) is 34.6 Å². The molecule has 1 spiro atoms. The summed E-state index contributed by atoms with van der Waals surface area (Å²) in [6.45, 7) is 14.8. The highest BCUT2D eigenvalue weighted by molar-refractivity contribution is 5.56. The molecule has 2 saturated heterocycles. The number of likely N-dealkylation sites (tertiary alicyclic amines) is 1. The number of aldehydes is 1. The lowest BCUT2D eigenvalue weighted by atomic mass is 9.75. The maximum absolute atomic E-state index is 9.83. The Hall–Kier alpha value is -0.410. The van der Waals surface area contributed by atoms with Gasteiger partial charge in [-0.1, -0.05) is 34.6 Å². The largest absolute Gasteiger partial charge is 0.315 e. The van der Waals surface area contributed by atoms with E-state index in [1.807, 2.05) is 34.6 Å². The minimum absolute atomic E-state index is 0.139. The van der Waals surface area contributed by atoms with Crippen LogP contribution >= 0.6 is 0 Å². The molecule has 0 radical (unpaired) electrons. The van der Waals surface area contributed by atoms with E-state index in [1.165, 1.54) is 26.2 Å². The molecule has 0 aromatic rings. The minimum Gasteiger partial charge on any atom is -0.315 e. The average molecular weight is 228 g/mol. The third kappa shape index (κ3) is 5.08. The van der Waals surface area contributed by atoms with Gasteiger partial charge in [0.05, 0.1) is 0 Å². The third-order valence-electron chi connectivity index (χ3n) is 2.56. The summed E-state index contributed by atoms with van der Waals surface area (Å²) in [5.74, 6) is 0. The van der Waals surface area contributed by atoms with Crippen LogP contribution in [0.15, 0.2) is 0 Å². The Morgan fingerprint density at radius 1 is 1.19 bits per heavy atom. The summed E-state index contributed by atoms with van der Waals surface area (Å²) in [6.07, 6.45) is 0.938. The lowest BCUT2D eigenvalue weighted by Crippen LogP contribution is -2.69. The molecule has 2 aliphatic rings. The van der Waals surface area contributed by atoms with Crippen LogP contribution in [0.25, 0.3) is 0 Å². The smallest absolute Gasteiger partial charge is 0.125 e. The summed E-state index contributed by atoms with van der Waals surface area (Å²) in [7, 11) is 2.18. The highest BCUT2D eigenvalue weighted by Gasteiger charge is 2.45. The van der Waals surface area contributed by atoms with Crippen LogP contribution in [0.4, 0.5) is 0 Å². The molecule has 0 aliphatic carbocycles. The number of carbonyl (C=O) groups is 1. The standard InChI is InChI=1S/C6H12N2.C5H10O.C2H6/c1-8-4-6(5-8)2-7-3-6;1-5(2,3)4-6;1-2/h7H,2-5H2,1H3;4H,1-3H3;1-2H3. The van der Waals surface area contributed by atoms with Crippen LogP contribution in [0, 0.1) is 10.8 Å². The number of rotatable bonds is 0. The van der Waals surface area contributed by atoms with Crippen molar-refractivity contribution < 1.29 is 4.79 Å². The zero-order valence-corrected chi connectivity index (χ0v) is 11.8. The molecule has 0 atom stereocenters. The molecule has 0 aromatic heterocycles. The first-order valence-corrected chi connectivity index (χ1v) is 6.23. The van der Waals surface area contributed by atoms with Crippen molar-refractivity contribution in [2.24, 2.45) is 10.8 Å². The van der Waals surface area contributed by atoms with Crippen molar-refractivity contribution in [3.8, 4) is 0 Å². The summed E-state index contributed by atoms with van der Waals surface area (Å²) in [5.41, 5.74) is 0.592. The molecular weight excluding hydrogens is 200 g/mol. The molecule has 2 heterocycles. The first kappa shape index (κ1) is 15.6. The van der Waals surface area contributed by atoms with E-state index in [0.29, 0.717) is 0 Å². The summed E-state index contributed by atoms with van der Waals surface area (Å²) in [4.78, 5) is 12.2. The van der Waals surface area contributed by atoms with Gasteiger partial charge in [0, 0.05) is 37.0 Å². The molecule has 96 valence electrons. The molecule has 0 amide bonds. The monoisotopic (exact) mass is 228 g/mol. The third-order valence-corrected chi connectivity index (χ3v) is 2.56. The van der Waals surface area contributed by atoms with Crippen LogP contribution in [0.5, 0.6) is 0 Å². The summed E-state index contributed by atoms with van der Waals surface area (Å²) >= 11 is 0. The van der Waals surface area contributed by atoms with Gasteiger partial charge in [0.1, 0.15) is 6.29 Å². The van der Waals surface area contributed by atoms with Crippen molar-refractivity contribution in [3.63, 3.8) is 0 Å². The second-order valence-electron chi connectivity index (χ2n) is 5.76. The van der Waals surface area contributed by atoms with Crippen molar-refractivity contribution in [3.05, 3.63) is 0 Å². The first-order valence-electron chi connectivity index (χ1n) is 6.23. The Kier molecular flexibility index (Phi) is 6.19. The van der Waals surface area contributed by atoms with Crippen LogP contribution in [0.2, 0.25) is 0 Å². The van der Waals surface area contributed by atoms with Crippen LogP contribution in [-0.4, -0.2) is 44.4 Å². The number of hydrogen-bond acceptors (Lipinski definition) is 3. The lowest BCUT2D eigenvalue weighted by Gasteiger charge is -2.55. The van der Waals surface area contributed by atoms with Crippen LogP contribution in [-0.2, 0) is 4.79 Å². The second-order valence-corrected chi connectivity index (χ2v) is 5.76. The Morgan fingerprint density at radius 3 is 1.62 bits per heavy atom. The van der Waals surface area contributed by atoms with Gasteiger partial charge in [-0.25, -0.2) is 0 Å². The van der Waals surface area contributed by atoms with Gasteiger partial charge in [0.15, 0.2) is 0 Å². The van der Waals surface area contributed by atoms with Gasteiger partial charge >= 0.3 is 0 Å². The molecular formula is C13H28N2O. The molecule has 3 heteroatoms. The van der Waals surface area contributed by atoms with Gasteiger partial charge in [0.2, 0.25) is 0 Å². The van der Waals surface area contributed by atoms with Crippen molar-refractivity contribution in [2.45, 2.75) is 34.6 Å². The quantitative estimate of drug-likeness (QED) is 0.641. The van der Waals surface area contributed by atoms with Crippen LogP contribution < -0.4 is 5.32 Å². The van der Waals surface area contributed by atoms with Gasteiger partial charge in [-0.3, -0.25) is 0 Å². The van der Waals surface area contributed by atoms with E-state index in [2.05, 4.69) is 17.3 Å². The van der Waals surface area contributed by atoms with E-state index in [0.717, 1.165) is 11.7 Å². The predicted molar refractivity (Wildman–Crippen MR) is 69.7 cm³/mol. The Bertz CT molecular complexity index is 196. The molecule has 2 rings (SSSR count). The molecule has 0 saturated carbocycles. The number of nitrogens with zero attached hydrogens (tertiary/aromatic N) is 1. The van der Waals surface area contributed by atoms with E-state index in [1.54, 1.807) is 0 Å². The van der Waals surface area contributed by atoms with Gasteiger partial charge in [0.25, 0.3) is 0 Å². The maximum Gasteiger partial charge on any atom is 0.125 e. The molecule has 2 aliphatic heterocycles. The minimum atomic E-state index is -0.139. The topological polar surface area (TPSA) is 32.3 Å². The van der Waals surface area contributed by atoms with Crippen molar-refractivity contribution >= 4 is 6.29 Å². The molecule has 1 N–H and O–H groups in total. The van der Waals surface area contributed by atoms with Gasteiger partial charge in [-0.15, -0.1) is 0 Å². The SMILES string of the molecule is CC.CC(C)(C)C=O.CN1CC2(CNC2)C1. The fraction of sp³-hybridized carbons (Fsp3) is 0.923. The Labute approximate surface area is 101 Å². The lowest BCUT2D eigenvalue weighted by molar-refractivity contribution is -0.113. The zero-order chi connectivity index (χ0) is 12.8. The van der Waals surface area contributed by atoms with E-state index in [9.17, 15) is 4.79 Å². The van der Waals surface area contributed by atoms with E-state index < -0.39 is 0 Å². The molecule has 3 nitrogen and oxygen atoms in total. The molecule has 16 heavy (non-hydrogen) atoms. The average Bonchev–Trinajstić information content (AvgIpc) is 2.13. The predicted octanol–water partition coefficient (Wildman–Crippen LogP) is 1.78. The highest BCUT2D eigenvalue weighted by Crippen LogP contribution is 2.32. The zero-order valence-electron chi connectivity index (χ0n) is 11.8. The van der Waals surface area contributed by atoms with E-state index >= 15 is 0 Å². The number of carbonyl (C=O) groups excluding carboxylic acids is 1. The Balaban J connectivity index is 0.000000254. The fourth-order valence-corrected chi connectivity index (χ4v) is 1.80. The van der Waals surface area contributed by atoms with E-state index in [4.69, 9.17) is 0 Å². The molecule has 0 bridgehead atoms. The number of hydrogen-bond donors (Lipinski definition) is 1. The molecule has 0 aromatic carbocycles. The van der Waals surface area contributed by atoms with Gasteiger partial charge < -0.3 is 15.0 Å². The van der Waals surface area contributed by atoms with Crippen molar-refractivity contribution in [2.75, 3.05) is 33.2 Å². The van der Waals surface area contributed by atoms with Crippen LogP contribution in [0.3, 0.4) is 0 Å². The molecule has 0 unspecified atom stereocenters. The second kappa shape index (κ2) is 6.36. The maximum atomic E-state index is 9.83. The summed E-state index contributed by atoms with van der Waals surface area (Å²) < 4.78 is 0.